The monoisotopic (exact) mass is 318 g/mol. The van der Waals surface area contributed by atoms with Crippen LogP contribution in [0.2, 0.25) is 5.02 Å². The molecule has 0 radical (unpaired) electrons. The molecule has 0 aliphatic rings. The van der Waals surface area contributed by atoms with Gasteiger partial charge in [-0.05, 0) is 35.7 Å². The zero-order valence-corrected chi connectivity index (χ0v) is 13.1. The Labute approximate surface area is 134 Å². The second kappa shape index (κ2) is 6.78. The van der Waals surface area contributed by atoms with Crippen molar-refractivity contribution >= 4 is 11.6 Å². The average molecular weight is 319 g/mol. The summed E-state index contributed by atoms with van der Waals surface area (Å²) in [6, 6.07) is 10.2. The van der Waals surface area contributed by atoms with E-state index in [1.54, 1.807) is 24.3 Å². The van der Waals surface area contributed by atoms with E-state index < -0.39 is 5.82 Å². The molecule has 5 heteroatoms. The lowest BCUT2D eigenvalue weighted by Gasteiger charge is -2.13. The topological polar surface area (TPSA) is 59.0 Å². The average Bonchev–Trinajstić information content (AvgIpc) is 2.51. The first-order chi connectivity index (χ1) is 10.5. The molecule has 2 aromatic rings. The number of ether oxygens (including phenoxy) is 1. The van der Waals surface area contributed by atoms with Gasteiger partial charge in [0, 0.05) is 12.1 Å². The first-order valence-electron chi connectivity index (χ1n) is 6.86. The van der Waals surface area contributed by atoms with E-state index in [-0.39, 0.29) is 23.2 Å². The number of rotatable bonds is 4. The van der Waals surface area contributed by atoms with Crippen molar-refractivity contribution in [2.75, 3.05) is 0 Å². The Balaban J connectivity index is 2.47. The van der Waals surface area contributed by atoms with Crippen molar-refractivity contribution in [3.63, 3.8) is 0 Å². The minimum Gasteiger partial charge on any atom is -0.453 e. The highest BCUT2D eigenvalue weighted by atomic mass is 35.5. The normalized spacial score (nSPS) is 10.6. The summed E-state index contributed by atoms with van der Waals surface area (Å²) in [5.41, 5.74) is 7.19. The van der Waals surface area contributed by atoms with Crippen molar-refractivity contribution in [3.05, 3.63) is 57.9 Å². The third-order valence-corrected chi connectivity index (χ3v) is 3.59. The van der Waals surface area contributed by atoms with Gasteiger partial charge in [-0.3, -0.25) is 0 Å². The van der Waals surface area contributed by atoms with Crippen LogP contribution in [0.4, 0.5) is 4.39 Å². The van der Waals surface area contributed by atoms with Crippen LogP contribution in [0.5, 0.6) is 11.5 Å². The van der Waals surface area contributed by atoms with Crippen molar-refractivity contribution in [1.29, 1.82) is 5.26 Å². The SMILES string of the molecule is CC(C)c1cc(C#N)cc(Oc2c(Cl)ccc(CN)c2F)c1. The lowest BCUT2D eigenvalue weighted by atomic mass is 10.0. The van der Waals surface area contributed by atoms with Crippen molar-refractivity contribution in [3.8, 4) is 17.6 Å². The lowest BCUT2D eigenvalue weighted by Crippen LogP contribution is -2.02. The summed E-state index contributed by atoms with van der Waals surface area (Å²) in [4.78, 5) is 0. The molecule has 0 aliphatic heterocycles. The van der Waals surface area contributed by atoms with E-state index in [0.29, 0.717) is 16.9 Å². The molecule has 0 heterocycles. The van der Waals surface area contributed by atoms with Crippen LogP contribution < -0.4 is 10.5 Å². The van der Waals surface area contributed by atoms with Crippen molar-refractivity contribution < 1.29 is 9.13 Å². The smallest absolute Gasteiger partial charge is 0.181 e. The largest absolute Gasteiger partial charge is 0.453 e. The fraction of sp³-hybridized carbons (Fsp3) is 0.235. The maximum atomic E-state index is 14.3. The number of hydrogen-bond donors (Lipinski definition) is 1. The standard InChI is InChI=1S/C17H16ClFN2O/c1-10(2)13-5-11(8-20)6-14(7-13)22-17-15(18)4-3-12(9-21)16(17)19/h3-7,10H,9,21H2,1-2H3. The molecule has 2 N–H and O–H groups in total. The van der Waals surface area contributed by atoms with Gasteiger partial charge in [-0.2, -0.15) is 5.26 Å². The highest BCUT2D eigenvalue weighted by Gasteiger charge is 2.15. The molecular formula is C17H16ClFN2O. The number of nitrogens with zero attached hydrogens (tertiary/aromatic N) is 1. The van der Waals surface area contributed by atoms with Crippen LogP contribution in [0.15, 0.2) is 30.3 Å². The first-order valence-corrected chi connectivity index (χ1v) is 7.24. The molecule has 0 saturated carbocycles. The van der Waals surface area contributed by atoms with Crippen LogP contribution in [0.3, 0.4) is 0 Å². The van der Waals surface area contributed by atoms with Crippen LogP contribution in [0, 0.1) is 17.1 Å². The molecule has 0 atom stereocenters. The van der Waals surface area contributed by atoms with Crippen molar-refractivity contribution in [2.45, 2.75) is 26.3 Å². The molecule has 0 aromatic heterocycles. The first kappa shape index (κ1) is 16.3. The summed E-state index contributed by atoms with van der Waals surface area (Å²) in [7, 11) is 0. The second-order valence-electron chi connectivity index (χ2n) is 5.21. The summed E-state index contributed by atoms with van der Waals surface area (Å²) in [5, 5.41) is 9.26. The summed E-state index contributed by atoms with van der Waals surface area (Å²) in [6.45, 7) is 4.06. The molecular weight excluding hydrogens is 303 g/mol. The van der Waals surface area contributed by atoms with Crippen LogP contribution >= 0.6 is 11.6 Å². The van der Waals surface area contributed by atoms with Gasteiger partial charge in [0.15, 0.2) is 11.6 Å². The predicted molar refractivity (Wildman–Crippen MR) is 84.6 cm³/mol. The van der Waals surface area contributed by atoms with E-state index in [0.717, 1.165) is 5.56 Å². The molecule has 0 amide bonds. The highest BCUT2D eigenvalue weighted by Crippen LogP contribution is 2.35. The van der Waals surface area contributed by atoms with Gasteiger partial charge >= 0.3 is 0 Å². The Bertz CT molecular complexity index is 738. The number of nitriles is 1. The van der Waals surface area contributed by atoms with Crippen LogP contribution in [0.25, 0.3) is 0 Å². The van der Waals surface area contributed by atoms with E-state index in [1.807, 2.05) is 13.8 Å². The Morgan fingerprint density at radius 1 is 1.32 bits per heavy atom. The number of benzene rings is 2. The molecule has 0 fully saturated rings. The van der Waals surface area contributed by atoms with E-state index in [9.17, 15) is 4.39 Å². The third kappa shape index (κ3) is 3.38. The zero-order chi connectivity index (χ0) is 16.3. The number of nitrogens with two attached hydrogens (primary N) is 1. The molecule has 0 unspecified atom stereocenters. The van der Waals surface area contributed by atoms with Gasteiger partial charge in [0.2, 0.25) is 0 Å². The van der Waals surface area contributed by atoms with Gasteiger partial charge in [-0.1, -0.05) is 31.5 Å². The summed E-state index contributed by atoms with van der Waals surface area (Å²) in [5.74, 6) is -0.0677. The van der Waals surface area contributed by atoms with Crippen molar-refractivity contribution in [2.24, 2.45) is 5.73 Å². The Kier molecular flexibility index (Phi) is 5.02. The zero-order valence-electron chi connectivity index (χ0n) is 12.4. The molecule has 3 nitrogen and oxygen atoms in total. The van der Waals surface area contributed by atoms with Gasteiger partial charge in [0.05, 0.1) is 16.7 Å². The molecule has 0 saturated heterocycles. The summed E-state index contributed by atoms with van der Waals surface area (Å²) in [6.07, 6.45) is 0. The number of hydrogen-bond acceptors (Lipinski definition) is 3. The Morgan fingerprint density at radius 3 is 2.64 bits per heavy atom. The maximum Gasteiger partial charge on any atom is 0.181 e. The Hall–Kier alpha value is -2.09. The van der Waals surface area contributed by atoms with Gasteiger partial charge in [0.1, 0.15) is 5.75 Å². The highest BCUT2D eigenvalue weighted by molar-refractivity contribution is 6.32. The molecule has 0 spiro atoms. The predicted octanol–water partition coefficient (Wildman–Crippen LogP) is 4.73. The molecule has 0 aliphatic carbocycles. The van der Waals surface area contributed by atoms with Crippen molar-refractivity contribution in [1.82, 2.24) is 0 Å². The summed E-state index contributed by atoms with van der Waals surface area (Å²) < 4.78 is 19.9. The third-order valence-electron chi connectivity index (χ3n) is 3.29. The molecule has 22 heavy (non-hydrogen) atoms. The van der Waals surface area contributed by atoms with Gasteiger partial charge in [-0.15, -0.1) is 0 Å². The quantitative estimate of drug-likeness (QED) is 0.887. The summed E-state index contributed by atoms with van der Waals surface area (Å²) >= 11 is 6.01. The molecule has 114 valence electrons. The minimum absolute atomic E-state index is 0.0504. The van der Waals surface area contributed by atoms with Gasteiger partial charge < -0.3 is 10.5 Å². The van der Waals surface area contributed by atoms with Crippen LogP contribution in [-0.2, 0) is 6.54 Å². The van der Waals surface area contributed by atoms with E-state index in [2.05, 4.69) is 6.07 Å². The lowest BCUT2D eigenvalue weighted by molar-refractivity contribution is 0.438. The molecule has 2 rings (SSSR count). The minimum atomic E-state index is -0.580. The van der Waals surface area contributed by atoms with Gasteiger partial charge in [-0.25, -0.2) is 4.39 Å². The fourth-order valence-corrected chi connectivity index (χ4v) is 2.21. The van der Waals surface area contributed by atoms with E-state index in [4.69, 9.17) is 27.3 Å². The van der Waals surface area contributed by atoms with E-state index >= 15 is 0 Å². The fourth-order valence-electron chi connectivity index (χ4n) is 2.02. The number of halogens is 2. The molecule has 0 bridgehead atoms. The maximum absolute atomic E-state index is 14.3. The van der Waals surface area contributed by atoms with Gasteiger partial charge in [0.25, 0.3) is 0 Å². The van der Waals surface area contributed by atoms with Crippen LogP contribution in [-0.4, -0.2) is 0 Å². The van der Waals surface area contributed by atoms with E-state index in [1.165, 1.54) is 6.07 Å². The van der Waals surface area contributed by atoms with Crippen LogP contribution in [0.1, 0.15) is 36.5 Å². The molecule has 2 aromatic carbocycles. The Morgan fingerprint density at radius 2 is 2.05 bits per heavy atom. The second-order valence-corrected chi connectivity index (χ2v) is 5.62.